The summed E-state index contributed by atoms with van der Waals surface area (Å²) in [5.41, 5.74) is 1.81. The van der Waals surface area contributed by atoms with E-state index < -0.39 is 0 Å². The normalized spacial score (nSPS) is 15.3. The minimum atomic E-state index is -0.0589. The number of piperazine rings is 1. The van der Waals surface area contributed by atoms with Crippen LogP contribution in [-0.2, 0) is 13.0 Å². The van der Waals surface area contributed by atoms with E-state index in [1.807, 2.05) is 30.3 Å². The molecule has 0 atom stereocenters. The quantitative estimate of drug-likeness (QED) is 0.505. The molecule has 30 heavy (non-hydrogen) atoms. The molecule has 2 heterocycles. The number of carbonyl (C=O) groups is 1. The Bertz CT molecular complexity index is 861. The molecule has 1 saturated heterocycles. The maximum atomic E-state index is 11.8. The summed E-state index contributed by atoms with van der Waals surface area (Å²) in [6, 6.07) is 11.8. The van der Waals surface area contributed by atoms with Crippen LogP contribution in [0.4, 0.5) is 0 Å². The topological polar surface area (TPSA) is 60.0 Å². The van der Waals surface area contributed by atoms with E-state index in [2.05, 4.69) is 33.4 Å². The highest BCUT2D eigenvalue weighted by molar-refractivity contribution is 7.16. The van der Waals surface area contributed by atoms with Crippen LogP contribution >= 0.6 is 22.9 Å². The Labute approximate surface area is 187 Å². The third-order valence-corrected chi connectivity index (χ3v) is 6.31. The van der Waals surface area contributed by atoms with E-state index in [1.165, 1.54) is 4.88 Å². The predicted molar refractivity (Wildman–Crippen MR) is 126 cm³/mol. The third-order valence-electron chi connectivity index (χ3n) is 5.09. The van der Waals surface area contributed by atoms with Crippen molar-refractivity contribution in [1.29, 1.82) is 0 Å². The number of guanidine groups is 1. The number of thiophene rings is 1. The molecule has 3 rings (SSSR count). The molecule has 0 aliphatic carbocycles. The molecule has 1 amide bonds. The molecule has 0 radical (unpaired) electrons. The van der Waals surface area contributed by atoms with E-state index in [0.29, 0.717) is 12.1 Å². The van der Waals surface area contributed by atoms with Gasteiger partial charge >= 0.3 is 0 Å². The van der Waals surface area contributed by atoms with E-state index in [1.54, 1.807) is 18.4 Å². The lowest BCUT2D eigenvalue weighted by molar-refractivity contribution is 0.0963. The van der Waals surface area contributed by atoms with E-state index in [-0.39, 0.29) is 5.91 Å². The molecular formula is C22H30ClN5OS. The lowest BCUT2D eigenvalue weighted by atomic mass is 10.1. The molecule has 0 saturated carbocycles. The van der Waals surface area contributed by atoms with E-state index in [0.717, 1.165) is 61.5 Å². The Morgan fingerprint density at radius 1 is 1.20 bits per heavy atom. The molecule has 1 aliphatic heterocycles. The van der Waals surface area contributed by atoms with E-state index in [4.69, 9.17) is 16.6 Å². The number of hydrogen-bond acceptors (Lipinski definition) is 4. The number of benzene rings is 1. The number of aliphatic imine (C=N–C) groups is 1. The molecule has 162 valence electrons. The second-order valence-corrected chi connectivity index (χ2v) is 9.03. The zero-order chi connectivity index (χ0) is 21.3. The molecule has 1 aromatic heterocycles. The van der Waals surface area contributed by atoms with Crippen LogP contribution in [0.5, 0.6) is 0 Å². The summed E-state index contributed by atoms with van der Waals surface area (Å²) in [4.78, 5) is 22.8. The highest BCUT2D eigenvalue weighted by Crippen LogP contribution is 2.23. The van der Waals surface area contributed by atoms with Crippen LogP contribution in [0.1, 0.15) is 27.7 Å². The van der Waals surface area contributed by atoms with Crippen LogP contribution < -0.4 is 10.6 Å². The molecule has 0 spiro atoms. The summed E-state index contributed by atoms with van der Waals surface area (Å²) in [5, 5.41) is 6.09. The second-order valence-electron chi connectivity index (χ2n) is 7.23. The maximum absolute atomic E-state index is 11.8. The summed E-state index contributed by atoms with van der Waals surface area (Å²) < 4.78 is 0.853. The van der Waals surface area contributed by atoms with Gasteiger partial charge in [0.2, 0.25) is 0 Å². The van der Waals surface area contributed by atoms with Crippen molar-refractivity contribution < 1.29 is 4.79 Å². The SMILES string of the molecule is CCNC(=NCCc1cccc(C(=O)NC)c1)N1CCN(Cc2ccc(Cl)s2)CC1. The van der Waals surface area contributed by atoms with Crippen molar-refractivity contribution in [2.24, 2.45) is 4.99 Å². The molecule has 0 bridgehead atoms. The van der Waals surface area contributed by atoms with Gasteiger partial charge in [0.1, 0.15) is 0 Å². The van der Waals surface area contributed by atoms with Crippen LogP contribution in [0.2, 0.25) is 4.34 Å². The first-order valence-corrected chi connectivity index (χ1v) is 11.6. The highest BCUT2D eigenvalue weighted by Gasteiger charge is 2.20. The third kappa shape index (κ3) is 6.45. The standard InChI is InChI=1S/C22H30ClN5OS/c1-3-25-22(26-10-9-17-5-4-6-18(15-17)21(29)24-2)28-13-11-27(12-14-28)16-19-7-8-20(23)30-19/h4-8,15H,3,9-14,16H2,1-2H3,(H,24,29)(H,25,26). The fourth-order valence-corrected chi connectivity index (χ4v) is 4.63. The molecule has 1 aliphatic rings. The van der Waals surface area contributed by atoms with E-state index in [9.17, 15) is 4.79 Å². The van der Waals surface area contributed by atoms with Gasteiger partial charge in [0.25, 0.3) is 5.91 Å². The Hall–Kier alpha value is -2.09. The molecule has 6 nitrogen and oxygen atoms in total. The van der Waals surface area contributed by atoms with Gasteiger partial charge in [-0.3, -0.25) is 14.7 Å². The number of rotatable bonds is 7. The zero-order valence-corrected chi connectivity index (χ0v) is 19.2. The van der Waals surface area contributed by atoms with Gasteiger partial charge in [-0.1, -0.05) is 23.7 Å². The second kappa shape index (κ2) is 11.3. The predicted octanol–water partition coefficient (Wildman–Crippen LogP) is 3.09. The van der Waals surface area contributed by atoms with Crippen molar-refractivity contribution in [2.75, 3.05) is 46.3 Å². The van der Waals surface area contributed by atoms with Gasteiger partial charge in [-0.25, -0.2) is 0 Å². The Morgan fingerprint density at radius 2 is 2.00 bits per heavy atom. The van der Waals surface area contributed by atoms with Gasteiger partial charge in [0.15, 0.2) is 5.96 Å². The monoisotopic (exact) mass is 447 g/mol. The first kappa shape index (κ1) is 22.6. The van der Waals surface area contributed by atoms with Gasteiger partial charge in [-0.05, 0) is 43.2 Å². The average molecular weight is 448 g/mol. The van der Waals surface area contributed by atoms with Gasteiger partial charge in [0, 0.05) is 63.3 Å². The summed E-state index contributed by atoms with van der Waals surface area (Å²) in [6.07, 6.45) is 0.804. The van der Waals surface area contributed by atoms with Gasteiger partial charge in [-0.2, -0.15) is 0 Å². The van der Waals surface area contributed by atoms with Gasteiger partial charge in [-0.15, -0.1) is 11.3 Å². The number of amides is 1. The summed E-state index contributed by atoms with van der Waals surface area (Å²) in [6.45, 7) is 8.52. The lowest BCUT2D eigenvalue weighted by Crippen LogP contribution is -2.52. The summed E-state index contributed by atoms with van der Waals surface area (Å²) in [7, 11) is 1.65. The van der Waals surface area contributed by atoms with Crippen LogP contribution in [0.3, 0.4) is 0 Å². The highest BCUT2D eigenvalue weighted by atomic mass is 35.5. The number of nitrogens with zero attached hydrogens (tertiary/aromatic N) is 3. The van der Waals surface area contributed by atoms with Gasteiger partial charge in [0.05, 0.1) is 4.34 Å². The number of halogens is 1. The maximum Gasteiger partial charge on any atom is 0.251 e. The van der Waals surface area contributed by atoms with Crippen LogP contribution in [0.25, 0.3) is 0 Å². The van der Waals surface area contributed by atoms with Crippen LogP contribution in [0, 0.1) is 0 Å². The smallest absolute Gasteiger partial charge is 0.251 e. The van der Waals surface area contributed by atoms with Crippen molar-refractivity contribution in [2.45, 2.75) is 19.9 Å². The lowest BCUT2D eigenvalue weighted by Gasteiger charge is -2.36. The van der Waals surface area contributed by atoms with Crippen LogP contribution in [0.15, 0.2) is 41.4 Å². The van der Waals surface area contributed by atoms with Crippen molar-refractivity contribution in [3.8, 4) is 0 Å². The van der Waals surface area contributed by atoms with Crippen molar-refractivity contribution in [1.82, 2.24) is 20.4 Å². The van der Waals surface area contributed by atoms with Crippen LogP contribution in [-0.4, -0.2) is 68.0 Å². The molecule has 2 aromatic rings. The first-order valence-electron chi connectivity index (χ1n) is 10.4. The summed E-state index contributed by atoms with van der Waals surface area (Å²) in [5.74, 6) is 0.912. The number of nitrogens with one attached hydrogen (secondary N) is 2. The minimum Gasteiger partial charge on any atom is -0.357 e. The molecular weight excluding hydrogens is 418 g/mol. The largest absolute Gasteiger partial charge is 0.357 e. The molecule has 8 heteroatoms. The fourth-order valence-electron chi connectivity index (χ4n) is 3.50. The molecule has 0 unspecified atom stereocenters. The Kier molecular flexibility index (Phi) is 8.54. The first-order chi connectivity index (χ1) is 14.6. The summed E-state index contributed by atoms with van der Waals surface area (Å²) >= 11 is 7.71. The van der Waals surface area contributed by atoms with Crippen molar-refractivity contribution in [3.63, 3.8) is 0 Å². The fraction of sp³-hybridized carbons (Fsp3) is 0.455. The Morgan fingerprint density at radius 3 is 2.67 bits per heavy atom. The minimum absolute atomic E-state index is 0.0589. The van der Waals surface area contributed by atoms with Crippen molar-refractivity contribution in [3.05, 3.63) is 56.7 Å². The van der Waals surface area contributed by atoms with Crippen molar-refractivity contribution >= 4 is 34.8 Å². The molecule has 1 fully saturated rings. The molecule has 2 N–H and O–H groups in total. The number of carbonyl (C=O) groups excluding carboxylic acids is 1. The zero-order valence-electron chi connectivity index (χ0n) is 17.7. The Balaban J connectivity index is 1.53. The van der Waals surface area contributed by atoms with Gasteiger partial charge < -0.3 is 15.5 Å². The molecule has 1 aromatic carbocycles. The average Bonchev–Trinajstić information content (AvgIpc) is 3.18. The van der Waals surface area contributed by atoms with E-state index >= 15 is 0 Å². The number of hydrogen-bond donors (Lipinski definition) is 2.